The van der Waals surface area contributed by atoms with Crippen LogP contribution < -0.4 is 5.32 Å². The second kappa shape index (κ2) is 4.85. The smallest absolute Gasteiger partial charge is 0.113 e. The van der Waals surface area contributed by atoms with E-state index in [0.29, 0.717) is 11.8 Å². The van der Waals surface area contributed by atoms with E-state index in [-0.39, 0.29) is 6.61 Å². The normalized spacial score (nSPS) is 20.7. The van der Waals surface area contributed by atoms with Gasteiger partial charge in [0.15, 0.2) is 0 Å². The molecule has 1 rings (SSSR count). The summed E-state index contributed by atoms with van der Waals surface area (Å²) >= 11 is 1.62. The van der Waals surface area contributed by atoms with Gasteiger partial charge in [0.05, 0.1) is 12.7 Å². The summed E-state index contributed by atoms with van der Waals surface area (Å²) in [5.41, 5.74) is -0.416. The quantitative estimate of drug-likeness (QED) is 0.621. The number of aliphatic hydroxyl groups is 1. The Morgan fingerprint density at radius 2 is 2.38 bits per heavy atom. The highest BCUT2D eigenvalue weighted by molar-refractivity contribution is 7.99. The predicted octanol–water partition coefficient (Wildman–Crippen LogP) is 0.746. The monoisotopic (exact) mass is 200 g/mol. The summed E-state index contributed by atoms with van der Waals surface area (Å²) in [5, 5.41) is 20.9. The van der Waals surface area contributed by atoms with E-state index in [0.717, 1.165) is 5.75 Å². The zero-order valence-electron chi connectivity index (χ0n) is 7.92. The Balaban J connectivity index is 2.25. The van der Waals surface area contributed by atoms with Crippen molar-refractivity contribution in [3.8, 4) is 6.07 Å². The lowest BCUT2D eigenvalue weighted by Crippen LogP contribution is -2.44. The number of aliphatic hydroxyl groups excluding tert-OH is 1. The van der Waals surface area contributed by atoms with E-state index in [1.807, 2.05) is 6.92 Å². The molecule has 0 bridgehead atoms. The Hall–Kier alpha value is -0.240. The molecule has 1 atom stereocenters. The molecular formula is C9H16N2OS. The summed E-state index contributed by atoms with van der Waals surface area (Å²) in [4.78, 5) is 0. The van der Waals surface area contributed by atoms with Gasteiger partial charge in [0.25, 0.3) is 0 Å². The van der Waals surface area contributed by atoms with Crippen LogP contribution in [0.5, 0.6) is 0 Å². The van der Waals surface area contributed by atoms with E-state index in [9.17, 15) is 0 Å². The summed E-state index contributed by atoms with van der Waals surface area (Å²) in [5.74, 6) is 1.46. The third kappa shape index (κ3) is 3.99. The molecule has 2 N–H and O–H groups in total. The maximum atomic E-state index is 8.97. The van der Waals surface area contributed by atoms with E-state index in [2.05, 4.69) is 11.4 Å². The number of hydrogen-bond donors (Lipinski definition) is 2. The second-order valence-electron chi connectivity index (χ2n) is 3.64. The van der Waals surface area contributed by atoms with Gasteiger partial charge in [-0.3, -0.25) is 5.32 Å². The Kier molecular flexibility index (Phi) is 4.04. The number of thioether (sulfide) groups is 1. The van der Waals surface area contributed by atoms with Crippen LogP contribution in [0.1, 0.15) is 19.8 Å². The van der Waals surface area contributed by atoms with Gasteiger partial charge in [-0.1, -0.05) is 0 Å². The van der Waals surface area contributed by atoms with Crippen LogP contribution in [0.25, 0.3) is 0 Å². The summed E-state index contributed by atoms with van der Waals surface area (Å²) in [6.45, 7) is 2.12. The molecule has 4 heteroatoms. The first-order valence-corrected chi connectivity index (χ1v) is 5.73. The largest absolute Gasteiger partial charge is 0.396 e. The van der Waals surface area contributed by atoms with Crippen LogP contribution in [0.4, 0.5) is 0 Å². The molecule has 0 aliphatic heterocycles. The molecule has 0 aromatic rings. The minimum absolute atomic E-state index is 0.190. The van der Waals surface area contributed by atoms with Gasteiger partial charge in [0.2, 0.25) is 0 Å². The number of nitrogens with zero attached hydrogens (tertiary/aromatic N) is 1. The molecular weight excluding hydrogens is 184 g/mol. The molecule has 0 aromatic heterocycles. The fourth-order valence-corrected chi connectivity index (χ4v) is 1.95. The van der Waals surface area contributed by atoms with Gasteiger partial charge in [-0.25, -0.2) is 0 Å². The molecule has 1 aliphatic carbocycles. The average molecular weight is 200 g/mol. The minimum atomic E-state index is -0.416. The maximum absolute atomic E-state index is 8.97. The van der Waals surface area contributed by atoms with Crippen molar-refractivity contribution in [2.24, 2.45) is 0 Å². The van der Waals surface area contributed by atoms with Gasteiger partial charge in [-0.2, -0.15) is 17.0 Å². The first-order chi connectivity index (χ1) is 6.20. The second-order valence-corrected chi connectivity index (χ2v) is 4.74. The SMILES string of the molecule is CC(C#N)(CSCCO)NC1CC1. The maximum Gasteiger partial charge on any atom is 0.113 e. The van der Waals surface area contributed by atoms with Crippen LogP contribution in [0, 0.1) is 11.3 Å². The van der Waals surface area contributed by atoms with Crippen molar-refractivity contribution in [2.75, 3.05) is 18.1 Å². The molecule has 1 aliphatic rings. The van der Waals surface area contributed by atoms with Crippen molar-refractivity contribution in [1.29, 1.82) is 5.26 Å². The number of nitrogens with one attached hydrogen (secondary N) is 1. The minimum Gasteiger partial charge on any atom is -0.396 e. The molecule has 1 unspecified atom stereocenters. The van der Waals surface area contributed by atoms with Crippen molar-refractivity contribution in [3.63, 3.8) is 0 Å². The highest BCUT2D eigenvalue weighted by Gasteiger charge is 2.32. The Morgan fingerprint density at radius 3 is 2.85 bits per heavy atom. The first kappa shape index (κ1) is 10.8. The van der Waals surface area contributed by atoms with Crippen LogP contribution in [0.15, 0.2) is 0 Å². The van der Waals surface area contributed by atoms with E-state index in [4.69, 9.17) is 10.4 Å². The lowest BCUT2D eigenvalue weighted by atomic mass is 10.1. The molecule has 0 radical (unpaired) electrons. The molecule has 0 aromatic carbocycles. The Bertz CT molecular complexity index is 200. The van der Waals surface area contributed by atoms with Crippen LogP contribution in [0.3, 0.4) is 0 Å². The van der Waals surface area contributed by atoms with E-state index in [1.165, 1.54) is 12.8 Å². The molecule has 0 saturated heterocycles. The van der Waals surface area contributed by atoms with E-state index in [1.54, 1.807) is 11.8 Å². The average Bonchev–Trinajstić information content (AvgIpc) is 2.89. The highest BCUT2D eigenvalue weighted by Crippen LogP contribution is 2.23. The van der Waals surface area contributed by atoms with Gasteiger partial charge < -0.3 is 5.11 Å². The molecule has 13 heavy (non-hydrogen) atoms. The molecule has 74 valence electrons. The molecule has 3 nitrogen and oxygen atoms in total. The number of nitriles is 1. The van der Waals surface area contributed by atoms with Crippen molar-refractivity contribution < 1.29 is 5.11 Å². The zero-order chi connectivity index (χ0) is 9.73. The lowest BCUT2D eigenvalue weighted by molar-refractivity contribution is 0.322. The van der Waals surface area contributed by atoms with E-state index >= 15 is 0 Å². The number of hydrogen-bond acceptors (Lipinski definition) is 4. The predicted molar refractivity (Wildman–Crippen MR) is 54.6 cm³/mol. The standard InChI is InChI=1S/C9H16N2OS/c1-9(6-10,7-13-5-4-12)11-8-2-3-8/h8,11-12H,2-5,7H2,1H3. The van der Waals surface area contributed by atoms with Gasteiger partial charge in [-0.05, 0) is 19.8 Å². The van der Waals surface area contributed by atoms with Crippen LogP contribution in [0.2, 0.25) is 0 Å². The number of rotatable bonds is 6. The zero-order valence-corrected chi connectivity index (χ0v) is 8.73. The van der Waals surface area contributed by atoms with Gasteiger partial charge in [0, 0.05) is 17.5 Å². The lowest BCUT2D eigenvalue weighted by Gasteiger charge is -2.22. The van der Waals surface area contributed by atoms with E-state index < -0.39 is 5.54 Å². The van der Waals surface area contributed by atoms with Crippen molar-refractivity contribution in [1.82, 2.24) is 5.32 Å². The third-order valence-electron chi connectivity index (χ3n) is 1.97. The molecule has 0 spiro atoms. The van der Waals surface area contributed by atoms with Gasteiger partial charge in [0.1, 0.15) is 5.54 Å². The fraction of sp³-hybridized carbons (Fsp3) is 0.889. The summed E-state index contributed by atoms with van der Waals surface area (Å²) < 4.78 is 0. The highest BCUT2D eigenvalue weighted by atomic mass is 32.2. The molecule has 1 fully saturated rings. The van der Waals surface area contributed by atoms with Crippen LogP contribution >= 0.6 is 11.8 Å². The molecule has 0 heterocycles. The molecule has 0 amide bonds. The van der Waals surface area contributed by atoms with Crippen molar-refractivity contribution >= 4 is 11.8 Å². The van der Waals surface area contributed by atoms with Crippen LogP contribution in [-0.2, 0) is 0 Å². The fourth-order valence-electron chi connectivity index (χ4n) is 1.13. The Labute approximate surface area is 83.5 Å². The van der Waals surface area contributed by atoms with Crippen LogP contribution in [-0.4, -0.2) is 34.8 Å². The first-order valence-electron chi connectivity index (χ1n) is 4.58. The van der Waals surface area contributed by atoms with Crippen molar-refractivity contribution in [2.45, 2.75) is 31.3 Å². The van der Waals surface area contributed by atoms with Gasteiger partial charge in [-0.15, -0.1) is 0 Å². The topological polar surface area (TPSA) is 56.0 Å². The van der Waals surface area contributed by atoms with Crippen molar-refractivity contribution in [3.05, 3.63) is 0 Å². The summed E-state index contributed by atoms with van der Waals surface area (Å²) in [7, 11) is 0. The summed E-state index contributed by atoms with van der Waals surface area (Å²) in [6, 6.07) is 2.85. The summed E-state index contributed by atoms with van der Waals surface area (Å²) in [6.07, 6.45) is 2.39. The third-order valence-corrected chi connectivity index (χ3v) is 3.23. The molecule has 1 saturated carbocycles. The van der Waals surface area contributed by atoms with Gasteiger partial charge >= 0.3 is 0 Å². The Morgan fingerprint density at radius 1 is 1.69 bits per heavy atom.